The Bertz CT molecular complexity index is 1100. The molecule has 5 heteroatoms. The van der Waals surface area contributed by atoms with Crippen LogP contribution in [0.15, 0.2) is 67.5 Å². The average Bonchev–Trinajstić information content (AvgIpc) is 3.26. The lowest BCUT2D eigenvalue weighted by Gasteiger charge is -2.07. The number of hydrogen-bond donors (Lipinski definition) is 0. The Hall–Kier alpha value is -2.92. The van der Waals surface area contributed by atoms with Crippen molar-refractivity contribution in [3.05, 3.63) is 80.3 Å². The minimum absolute atomic E-state index is 0.00509. The van der Waals surface area contributed by atoms with Gasteiger partial charge in [0.25, 0.3) is 0 Å². The Morgan fingerprint density at radius 1 is 1.00 bits per heavy atom. The molecule has 1 aromatic carbocycles. The van der Waals surface area contributed by atoms with Gasteiger partial charge in [0.15, 0.2) is 11.5 Å². The van der Waals surface area contributed by atoms with Gasteiger partial charge in [-0.3, -0.25) is 9.59 Å². The molecule has 0 aliphatic rings. The summed E-state index contributed by atoms with van der Waals surface area (Å²) < 4.78 is 11.5. The van der Waals surface area contributed by atoms with Gasteiger partial charge in [0.1, 0.15) is 16.9 Å². The zero-order valence-electron chi connectivity index (χ0n) is 12.7. The van der Waals surface area contributed by atoms with Crippen LogP contribution in [-0.4, -0.2) is 5.78 Å². The van der Waals surface area contributed by atoms with Crippen LogP contribution in [0.1, 0.15) is 21.0 Å². The van der Waals surface area contributed by atoms with Crippen LogP contribution < -0.4 is 5.43 Å². The predicted molar refractivity (Wildman–Crippen MR) is 92.7 cm³/mol. The lowest BCUT2D eigenvalue weighted by molar-refractivity contribution is 0.104. The smallest absolute Gasteiger partial charge is 0.210 e. The van der Waals surface area contributed by atoms with E-state index in [0.29, 0.717) is 27.4 Å². The van der Waals surface area contributed by atoms with Gasteiger partial charge < -0.3 is 8.83 Å². The van der Waals surface area contributed by atoms with Gasteiger partial charge in [-0.2, -0.15) is 0 Å². The Labute approximate surface area is 141 Å². The summed E-state index contributed by atoms with van der Waals surface area (Å²) in [5.74, 6) is 0.865. The van der Waals surface area contributed by atoms with Crippen molar-refractivity contribution in [1.82, 2.24) is 0 Å². The summed E-state index contributed by atoms with van der Waals surface area (Å²) in [6.07, 6.45) is 0. The molecule has 4 rings (SSSR count). The first-order valence-electron chi connectivity index (χ1n) is 7.36. The number of rotatable bonds is 3. The fraction of sp³-hybridized carbons (Fsp3) is 0.0526. The van der Waals surface area contributed by atoms with Crippen LogP contribution in [0.4, 0.5) is 0 Å². The van der Waals surface area contributed by atoms with Crippen molar-refractivity contribution in [2.75, 3.05) is 0 Å². The largest absolute Gasteiger partial charge is 0.458 e. The van der Waals surface area contributed by atoms with Gasteiger partial charge in [-0.15, -0.1) is 11.3 Å². The van der Waals surface area contributed by atoms with E-state index in [1.165, 1.54) is 11.3 Å². The first-order chi connectivity index (χ1) is 11.6. The molecule has 4 aromatic rings. The van der Waals surface area contributed by atoms with Crippen LogP contribution in [0.25, 0.3) is 22.5 Å². The highest BCUT2D eigenvalue weighted by Gasteiger charge is 2.25. The van der Waals surface area contributed by atoms with Gasteiger partial charge in [0.2, 0.25) is 11.2 Å². The number of thiophene rings is 1. The first kappa shape index (κ1) is 14.7. The number of hydrogen-bond acceptors (Lipinski definition) is 5. The Morgan fingerprint density at radius 3 is 2.54 bits per heavy atom. The molecule has 0 spiro atoms. The molecule has 24 heavy (non-hydrogen) atoms. The monoisotopic (exact) mass is 336 g/mol. The third-order valence-corrected chi connectivity index (χ3v) is 4.60. The molecule has 0 unspecified atom stereocenters. The lowest BCUT2D eigenvalue weighted by Crippen LogP contribution is -2.17. The summed E-state index contributed by atoms with van der Waals surface area (Å²) in [7, 11) is 0. The lowest BCUT2D eigenvalue weighted by atomic mass is 10.0. The van der Waals surface area contributed by atoms with Gasteiger partial charge in [-0.1, -0.05) is 18.2 Å². The summed E-state index contributed by atoms with van der Waals surface area (Å²) in [6, 6.07) is 13.8. The zero-order valence-corrected chi connectivity index (χ0v) is 13.6. The van der Waals surface area contributed by atoms with Crippen LogP contribution in [0.2, 0.25) is 0 Å². The molecule has 0 bridgehead atoms. The summed E-state index contributed by atoms with van der Waals surface area (Å²) in [4.78, 5) is 26.3. The minimum Gasteiger partial charge on any atom is -0.458 e. The highest BCUT2D eigenvalue weighted by Crippen LogP contribution is 2.29. The molecular weight excluding hydrogens is 324 g/mol. The molecule has 0 aliphatic carbocycles. The van der Waals surface area contributed by atoms with Gasteiger partial charge >= 0.3 is 0 Å². The van der Waals surface area contributed by atoms with Crippen LogP contribution in [0.3, 0.4) is 0 Å². The van der Waals surface area contributed by atoms with E-state index in [4.69, 9.17) is 8.83 Å². The van der Waals surface area contributed by atoms with Crippen molar-refractivity contribution in [1.29, 1.82) is 0 Å². The molecule has 0 N–H and O–H groups in total. The van der Waals surface area contributed by atoms with E-state index in [0.717, 1.165) is 0 Å². The second-order valence-corrected chi connectivity index (χ2v) is 6.30. The summed E-state index contributed by atoms with van der Waals surface area (Å²) in [6.45, 7) is 1.80. The molecule has 3 aromatic heterocycles. The van der Waals surface area contributed by atoms with Gasteiger partial charge in [0.05, 0.1) is 10.3 Å². The van der Waals surface area contributed by atoms with E-state index in [1.807, 2.05) is 0 Å². The van der Waals surface area contributed by atoms with Crippen LogP contribution in [0.5, 0.6) is 0 Å². The number of furan rings is 1. The Kier molecular flexibility index (Phi) is 3.43. The molecule has 0 fully saturated rings. The van der Waals surface area contributed by atoms with E-state index in [2.05, 4.69) is 0 Å². The van der Waals surface area contributed by atoms with Crippen molar-refractivity contribution < 1.29 is 13.6 Å². The van der Waals surface area contributed by atoms with Crippen molar-refractivity contribution in [2.45, 2.75) is 6.92 Å². The molecule has 0 amide bonds. The zero-order chi connectivity index (χ0) is 16.7. The molecule has 118 valence electrons. The summed E-state index contributed by atoms with van der Waals surface area (Å²) in [5.41, 5.74) is 0.0825. The fourth-order valence-electron chi connectivity index (χ4n) is 2.61. The molecule has 3 heterocycles. The van der Waals surface area contributed by atoms with Crippen molar-refractivity contribution in [2.24, 2.45) is 0 Å². The van der Waals surface area contributed by atoms with Gasteiger partial charge in [-0.25, -0.2) is 0 Å². The normalized spacial score (nSPS) is 11.0. The van der Waals surface area contributed by atoms with Crippen molar-refractivity contribution in [3.8, 4) is 11.5 Å². The number of aryl methyl sites for hydroxylation is 1. The standard InChI is InChI=1S/C19H12O4S/c1-11-8-9-14(22-11)19-16(18(21)15-7-4-10-24-15)17(20)12-5-2-3-6-13(12)23-19/h2-10H,1H3. The molecule has 0 radical (unpaired) electrons. The maximum absolute atomic E-state index is 12.9. The quantitative estimate of drug-likeness (QED) is 0.511. The van der Waals surface area contributed by atoms with Crippen LogP contribution in [0, 0.1) is 6.92 Å². The highest BCUT2D eigenvalue weighted by atomic mass is 32.1. The second kappa shape index (κ2) is 5.62. The number of benzene rings is 1. The third kappa shape index (κ3) is 2.30. The number of carbonyl (C=O) groups excluding carboxylic acids is 1. The van der Waals surface area contributed by atoms with E-state index in [-0.39, 0.29) is 22.5 Å². The maximum Gasteiger partial charge on any atom is 0.210 e. The maximum atomic E-state index is 12.9. The topological polar surface area (TPSA) is 60.4 Å². The summed E-state index contributed by atoms with van der Waals surface area (Å²) >= 11 is 1.29. The SMILES string of the molecule is Cc1ccc(-c2oc3ccccc3c(=O)c2C(=O)c2cccs2)o1. The van der Waals surface area contributed by atoms with E-state index in [9.17, 15) is 9.59 Å². The van der Waals surface area contributed by atoms with Gasteiger partial charge in [0, 0.05) is 0 Å². The number of para-hydroxylation sites is 1. The van der Waals surface area contributed by atoms with E-state index >= 15 is 0 Å². The van der Waals surface area contributed by atoms with Crippen molar-refractivity contribution in [3.63, 3.8) is 0 Å². The van der Waals surface area contributed by atoms with E-state index in [1.54, 1.807) is 60.8 Å². The molecular formula is C19H12O4S. The van der Waals surface area contributed by atoms with Crippen LogP contribution in [-0.2, 0) is 0 Å². The minimum atomic E-state index is -0.353. The van der Waals surface area contributed by atoms with Gasteiger partial charge in [-0.05, 0) is 42.6 Å². The molecule has 0 saturated carbocycles. The van der Waals surface area contributed by atoms with Crippen LogP contribution >= 0.6 is 11.3 Å². The number of fused-ring (bicyclic) bond motifs is 1. The number of ketones is 1. The molecule has 0 saturated heterocycles. The predicted octanol–water partition coefficient (Wildman–Crippen LogP) is 4.65. The van der Waals surface area contributed by atoms with E-state index < -0.39 is 0 Å². The summed E-state index contributed by atoms with van der Waals surface area (Å²) in [5, 5.41) is 2.18. The Morgan fingerprint density at radius 2 is 1.83 bits per heavy atom. The average molecular weight is 336 g/mol. The number of carbonyl (C=O) groups is 1. The molecule has 0 aliphatic heterocycles. The highest BCUT2D eigenvalue weighted by molar-refractivity contribution is 7.12. The molecule has 4 nitrogen and oxygen atoms in total. The second-order valence-electron chi connectivity index (χ2n) is 5.35. The van der Waals surface area contributed by atoms with Crippen molar-refractivity contribution >= 4 is 28.1 Å². The first-order valence-corrected chi connectivity index (χ1v) is 8.24. The third-order valence-electron chi connectivity index (χ3n) is 3.73. The Balaban J connectivity index is 2.07. The fourth-order valence-corrected chi connectivity index (χ4v) is 3.28. The molecule has 0 atom stereocenters.